The van der Waals surface area contributed by atoms with Gasteiger partial charge in [0, 0.05) is 18.2 Å². The highest BCUT2D eigenvalue weighted by Gasteiger charge is 2.25. The Hall–Kier alpha value is -1.36. The third-order valence-electron chi connectivity index (χ3n) is 3.60. The maximum atomic E-state index is 5.45. The van der Waals surface area contributed by atoms with Crippen molar-refractivity contribution in [3.05, 3.63) is 11.9 Å². The molecule has 0 aliphatic carbocycles. The number of nitrogens with one attached hydrogen (secondary N) is 1. The molecule has 0 saturated carbocycles. The maximum Gasteiger partial charge on any atom is 0.148 e. The molecule has 94 valence electrons. The summed E-state index contributed by atoms with van der Waals surface area (Å²) in [4.78, 5) is 10.9. The zero-order valence-electron chi connectivity index (χ0n) is 10.8. The highest BCUT2D eigenvalue weighted by molar-refractivity contribution is 5.58. The van der Waals surface area contributed by atoms with Gasteiger partial charge in [-0.1, -0.05) is 6.92 Å². The Morgan fingerprint density at radius 1 is 1.41 bits per heavy atom. The molecule has 1 saturated heterocycles. The second-order valence-corrected chi connectivity index (χ2v) is 4.99. The van der Waals surface area contributed by atoms with Crippen LogP contribution in [0.4, 0.5) is 11.6 Å². The molecule has 2 atom stereocenters. The summed E-state index contributed by atoms with van der Waals surface area (Å²) in [5.74, 6) is 7.96. The largest absolute Gasteiger partial charge is 0.354 e. The molecule has 1 aliphatic rings. The number of nitrogen functional groups attached to an aromatic ring is 1. The molecule has 0 bridgehead atoms. The molecule has 0 aromatic carbocycles. The van der Waals surface area contributed by atoms with Crippen molar-refractivity contribution in [3.8, 4) is 0 Å². The minimum atomic E-state index is 0.526. The first kappa shape index (κ1) is 12.1. The number of hydrazine groups is 1. The second kappa shape index (κ2) is 4.87. The number of rotatable bonds is 2. The lowest BCUT2D eigenvalue weighted by atomic mass is 9.93. The predicted molar refractivity (Wildman–Crippen MR) is 69.8 cm³/mol. The topological polar surface area (TPSA) is 67.1 Å². The Labute approximate surface area is 102 Å². The molecule has 5 heteroatoms. The summed E-state index contributed by atoms with van der Waals surface area (Å²) in [5.41, 5.74) is 3.65. The molecule has 2 rings (SSSR count). The molecule has 1 aliphatic heterocycles. The molecule has 17 heavy (non-hydrogen) atoms. The molecule has 3 N–H and O–H groups in total. The summed E-state index contributed by atoms with van der Waals surface area (Å²) in [6.45, 7) is 7.64. The van der Waals surface area contributed by atoms with Crippen molar-refractivity contribution in [2.45, 2.75) is 39.7 Å². The fourth-order valence-electron chi connectivity index (χ4n) is 2.60. The van der Waals surface area contributed by atoms with E-state index in [1.165, 1.54) is 12.8 Å². The van der Waals surface area contributed by atoms with Crippen molar-refractivity contribution in [1.82, 2.24) is 9.97 Å². The summed E-state index contributed by atoms with van der Waals surface area (Å²) in [6, 6.07) is 0.526. The van der Waals surface area contributed by atoms with Gasteiger partial charge in [-0.3, -0.25) is 0 Å². The lowest BCUT2D eigenvalue weighted by Crippen LogP contribution is -2.41. The van der Waals surface area contributed by atoms with Gasteiger partial charge >= 0.3 is 0 Å². The average molecular weight is 235 g/mol. The van der Waals surface area contributed by atoms with Crippen LogP contribution in [-0.4, -0.2) is 22.6 Å². The van der Waals surface area contributed by atoms with Crippen LogP contribution < -0.4 is 16.2 Å². The normalized spacial score (nSPS) is 24.8. The fraction of sp³-hybridized carbons (Fsp3) is 0.667. The van der Waals surface area contributed by atoms with Crippen LogP contribution in [0.1, 0.15) is 32.3 Å². The van der Waals surface area contributed by atoms with Crippen LogP contribution in [0.15, 0.2) is 6.33 Å². The summed E-state index contributed by atoms with van der Waals surface area (Å²) < 4.78 is 0. The molecule has 0 radical (unpaired) electrons. The van der Waals surface area contributed by atoms with Crippen molar-refractivity contribution in [3.63, 3.8) is 0 Å². The first-order chi connectivity index (χ1) is 8.13. The van der Waals surface area contributed by atoms with Gasteiger partial charge in [0.15, 0.2) is 0 Å². The highest BCUT2D eigenvalue weighted by atomic mass is 15.3. The molecule has 1 aromatic heterocycles. The fourth-order valence-corrected chi connectivity index (χ4v) is 2.60. The average Bonchev–Trinajstić information content (AvgIpc) is 2.30. The van der Waals surface area contributed by atoms with Gasteiger partial charge in [0.1, 0.15) is 18.0 Å². The summed E-state index contributed by atoms with van der Waals surface area (Å²) in [5, 5.41) is 0. The van der Waals surface area contributed by atoms with Gasteiger partial charge in [0.25, 0.3) is 0 Å². The van der Waals surface area contributed by atoms with Crippen LogP contribution in [0.3, 0.4) is 0 Å². The minimum Gasteiger partial charge on any atom is -0.354 e. The number of hydrogen-bond acceptors (Lipinski definition) is 5. The van der Waals surface area contributed by atoms with Crippen molar-refractivity contribution in [2.75, 3.05) is 16.9 Å². The molecule has 5 nitrogen and oxygen atoms in total. The number of aromatic nitrogens is 2. The van der Waals surface area contributed by atoms with E-state index in [1.54, 1.807) is 6.33 Å². The van der Waals surface area contributed by atoms with Crippen LogP contribution in [0.2, 0.25) is 0 Å². The number of piperidine rings is 1. The summed E-state index contributed by atoms with van der Waals surface area (Å²) >= 11 is 0. The zero-order valence-corrected chi connectivity index (χ0v) is 10.8. The monoisotopic (exact) mass is 235 g/mol. The lowest BCUT2D eigenvalue weighted by Gasteiger charge is -2.38. The van der Waals surface area contributed by atoms with Crippen molar-refractivity contribution < 1.29 is 0 Å². The van der Waals surface area contributed by atoms with Gasteiger partial charge in [-0.25, -0.2) is 15.8 Å². The zero-order chi connectivity index (χ0) is 12.4. The van der Waals surface area contributed by atoms with Gasteiger partial charge in [0.2, 0.25) is 0 Å². The molecule has 1 fully saturated rings. The number of nitrogens with zero attached hydrogens (tertiary/aromatic N) is 3. The van der Waals surface area contributed by atoms with Crippen molar-refractivity contribution in [2.24, 2.45) is 11.8 Å². The van der Waals surface area contributed by atoms with Crippen LogP contribution in [0.25, 0.3) is 0 Å². The Morgan fingerprint density at radius 2 is 2.18 bits per heavy atom. The molecule has 0 amide bonds. The Bertz CT molecular complexity index is 392. The minimum absolute atomic E-state index is 0.526. The van der Waals surface area contributed by atoms with E-state index in [0.717, 1.165) is 23.8 Å². The van der Waals surface area contributed by atoms with Gasteiger partial charge in [-0.2, -0.15) is 0 Å². The lowest BCUT2D eigenvalue weighted by molar-refractivity contribution is 0.375. The van der Waals surface area contributed by atoms with Crippen LogP contribution in [-0.2, 0) is 0 Å². The van der Waals surface area contributed by atoms with Crippen LogP contribution in [0.5, 0.6) is 0 Å². The molecule has 1 aromatic rings. The predicted octanol–water partition coefficient (Wildman–Crippen LogP) is 1.70. The van der Waals surface area contributed by atoms with E-state index in [4.69, 9.17) is 5.84 Å². The van der Waals surface area contributed by atoms with E-state index >= 15 is 0 Å². The number of nitrogens with two attached hydrogens (primary N) is 1. The summed E-state index contributed by atoms with van der Waals surface area (Å²) in [7, 11) is 0. The SMILES string of the molecule is Cc1c(NN)ncnc1N1CCC(C)CC1C. The summed E-state index contributed by atoms with van der Waals surface area (Å²) in [6.07, 6.45) is 4.01. The quantitative estimate of drug-likeness (QED) is 0.603. The standard InChI is InChI=1S/C12H21N5/c1-8-4-5-17(9(2)6-8)12-10(3)11(16-13)14-7-15-12/h7-9H,4-6,13H2,1-3H3,(H,14,15,16). The third kappa shape index (κ3) is 2.34. The third-order valence-corrected chi connectivity index (χ3v) is 3.60. The number of anilines is 2. The molecule has 2 heterocycles. The van der Waals surface area contributed by atoms with Gasteiger partial charge in [-0.15, -0.1) is 0 Å². The van der Waals surface area contributed by atoms with Gasteiger partial charge in [0.05, 0.1) is 0 Å². The Kier molecular flexibility index (Phi) is 3.47. The van der Waals surface area contributed by atoms with Crippen LogP contribution in [0, 0.1) is 12.8 Å². The van der Waals surface area contributed by atoms with E-state index in [2.05, 4.69) is 34.1 Å². The van der Waals surface area contributed by atoms with Crippen LogP contribution >= 0.6 is 0 Å². The Morgan fingerprint density at radius 3 is 2.82 bits per heavy atom. The molecule has 0 spiro atoms. The Balaban J connectivity index is 2.28. The number of hydrogen-bond donors (Lipinski definition) is 2. The highest BCUT2D eigenvalue weighted by Crippen LogP contribution is 2.29. The second-order valence-electron chi connectivity index (χ2n) is 4.99. The molecular formula is C12H21N5. The van der Waals surface area contributed by atoms with E-state index in [1.807, 2.05) is 6.92 Å². The van der Waals surface area contributed by atoms with Gasteiger partial charge < -0.3 is 10.3 Å². The molecule has 2 unspecified atom stereocenters. The van der Waals surface area contributed by atoms with Gasteiger partial charge in [-0.05, 0) is 32.6 Å². The van der Waals surface area contributed by atoms with Crippen molar-refractivity contribution in [1.29, 1.82) is 0 Å². The van der Waals surface area contributed by atoms with E-state index < -0.39 is 0 Å². The maximum absolute atomic E-state index is 5.45. The first-order valence-corrected chi connectivity index (χ1v) is 6.18. The smallest absolute Gasteiger partial charge is 0.148 e. The first-order valence-electron chi connectivity index (χ1n) is 6.18. The van der Waals surface area contributed by atoms with Crippen molar-refractivity contribution >= 4 is 11.6 Å². The van der Waals surface area contributed by atoms with E-state index in [0.29, 0.717) is 11.9 Å². The molecular weight excluding hydrogens is 214 g/mol. The van der Waals surface area contributed by atoms with E-state index in [9.17, 15) is 0 Å². The van der Waals surface area contributed by atoms with E-state index in [-0.39, 0.29) is 0 Å².